The molecule has 1 heterocycles. The fourth-order valence-electron chi connectivity index (χ4n) is 1.82. The second kappa shape index (κ2) is 3.89. The van der Waals surface area contributed by atoms with Gasteiger partial charge in [-0.1, -0.05) is 25.0 Å². The minimum Gasteiger partial charge on any atom is -0.358 e. The molecule has 1 N–H and O–H groups in total. The van der Waals surface area contributed by atoms with Gasteiger partial charge in [0.1, 0.15) is 0 Å². The first-order chi connectivity index (χ1) is 7.20. The fourth-order valence-corrected chi connectivity index (χ4v) is 1.82. The number of aryl methyl sites for hydroxylation is 2. The molecule has 1 aromatic carbocycles. The SMILES string of the molecule is CCCc1cc(=O)c2cc(C)ccc2[nH]1. The molecule has 2 nitrogen and oxygen atoms in total. The summed E-state index contributed by atoms with van der Waals surface area (Å²) in [5.41, 5.74) is 3.21. The first-order valence-electron chi connectivity index (χ1n) is 5.33. The van der Waals surface area contributed by atoms with Crippen LogP contribution < -0.4 is 5.43 Å². The van der Waals surface area contributed by atoms with Gasteiger partial charge in [-0.3, -0.25) is 4.79 Å². The molecule has 0 saturated carbocycles. The Kier molecular flexibility index (Phi) is 2.58. The minimum absolute atomic E-state index is 0.121. The zero-order chi connectivity index (χ0) is 10.8. The summed E-state index contributed by atoms with van der Waals surface area (Å²) in [5.74, 6) is 0. The van der Waals surface area contributed by atoms with Crippen LogP contribution >= 0.6 is 0 Å². The topological polar surface area (TPSA) is 32.9 Å². The number of H-pyrrole nitrogens is 1. The van der Waals surface area contributed by atoms with Crippen molar-refractivity contribution in [3.63, 3.8) is 0 Å². The summed E-state index contributed by atoms with van der Waals surface area (Å²) in [5, 5.41) is 0.787. The van der Waals surface area contributed by atoms with E-state index < -0.39 is 0 Å². The standard InChI is InChI=1S/C13H15NO/c1-3-4-10-8-13(15)11-7-9(2)5-6-12(11)14-10/h5-8H,3-4H2,1-2H3,(H,14,15). The molecule has 0 amide bonds. The number of hydrogen-bond acceptors (Lipinski definition) is 1. The molecule has 0 atom stereocenters. The zero-order valence-corrected chi connectivity index (χ0v) is 9.13. The molecule has 2 heteroatoms. The number of aromatic nitrogens is 1. The largest absolute Gasteiger partial charge is 0.358 e. The molecule has 0 aliphatic rings. The molecule has 2 rings (SSSR count). The highest BCUT2D eigenvalue weighted by Gasteiger charge is 2.01. The third-order valence-electron chi connectivity index (χ3n) is 2.56. The molecule has 78 valence electrons. The highest BCUT2D eigenvalue weighted by molar-refractivity contribution is 5.79. The van der Waals surface area contributed by atoms with Gasteiger partial charge in [-0.2, -0.15) is 0 Å². The molecule has 0 saturated heterocycles. The van der Waals surface area contributed by atoms with Gasteiger partial charge in [0, 0.05) is 22.7 Å². The van der Waals surface area contributed by atoms with Crippen LogP contribution in [0.1, 0.15) is 24.6 Å². The normalized spacial score (nSPS) is 10.8. The maximum atomic E-state index is 11.8. The van der Waals surface area contributed by atoms with Gasteiger partial charge in [0.15, 0.2) is 5.43 Å². The van der Waals surface area contributed by atoms with Crippen molar-refractivity contribution < 1.29 is 0 Å². The van der Waals surface area contributed by atoms with E-state index in [2.05, 4.69) is 11.9 Å². The van der Waals surface area contributed by atoms with Gasteiger partial charge < -0.3 is 4.98 Å². The van der Waals surface area contributed by atoms with Crippen LogP contribution in [-0.4, -0.2) is 4.98 Å². The average molecular weight is 201 g/mol. The van der Waals surface area contributed by atoms with Crippen molar-refractivity contribution in [3.8, 4) is 0 Å². The number of nitrogens with one attached hydrogen (secondary N) is 1. The van der Waals surface area contributed by atoms with Crippen LogP contribution in [0.2, 0.25) is 0 Å². The van der Waals surface area contributed by atoms with Crippen LogP contribution in [0.4, 0.5) is 0 Å². The monoisotopic (exact) mass is 201 g/mol. The van der Waals surface area contributed by atoms with Crippen LogP contribution in [0.15, 0.2) is 29.1 Å². The molecule has 0 spiro atoms. The summed E-state index contributed by atoms with van der Waals surface area (Å²) in [6.45, 7) is 4.11. The number of rotatable bonds is 2. The van der Waals surface area contributed by atoms with E-state index in [1.165, 1.54) is 0 Å². The molecule has 0 bridgehead atoms. The van der Waals surface area contributed by atoms with Crippen molar-refractivity contribution in [2.75, 3.05) is 0 Å². The second-order valence-electron chi connectivity index (χ2n) is 3.96. The maximum Gasteiger partial charge on any atom is 0.189 e. The van der Waals surface area contributed by atoms with E-state index in [1.807, 2.05) is 25.1 Å². The van der Waals surface area contributed by atoms with E-state index in [0.717, 1.165) is 35.0 Å². The Bertz CT molecular complexity index is 540. The van der Waals surface area contributed by atoms with Gasteiger partial charge in [0.2, 0.25) is 0 Å². The lowest BCUT2D eigenvalue weighted by Crippen LogP contribution is -2.05. The van der Waals surface area contributed by atoms with Crippen LogP contribution in [0, 0.1) is 6.92 Å². The van der Waals surface area contributed by atoms with Gasteiger partial charge >= 0.3 is 0 Å². The molecule has 2 aromatic rings. The molecule has 0 aliphatic carbocycles. The predicted molar refractivity (Wildman–Crippen MR) is 63.3 cm³/mol. The summed E-state index contributed by atoms with van der Waals surface area (Å²) >= 11 is 0. The van der Waals surface area contributed by atoms with Gasteiger partial charge in [0.05, 0.1) is 0 Å². The number of fused-ring (bicyclic) bond motifs is 1. The van der Waals surface area contributed by atoms with E-state index in [-0.39, 0.29) is 5.43 Å². The third kappa shape index (κ3) is 1.94. The molecule has 15 heavy (non-hydrogen) atoms. The molecule has 0 fully saturated rings. The predicted octanol–water partition coefficient (Wildman–Crippen LogP) is 2.79. The Balaban J connectivity index is 2.67. The Hall–Kier alpha value is -1.57. The summed E-state index contributed by atoms with van der Waals surface area (Å²) < 4.78 is 0. The second-order valence-corrected chi connectivity index (χ2v) is 3.96. The fraction of sp³-hybridized carbons (Fsp3) is 0.308. The number of pyridine rings is 1. The van der Waals surface area contributed by atoms with Crippen molar-refractivity contribution >= 4 is 10.9 Å². The Labute approximate surface area is 89.0 Å². The summed E-state index contributed by atoms with van der Waals surface area (Å²) in [7, 11) is 0. The lowest BCUT2D eigenvalue weighted by Gasteiger charge is -2.03. The van der Waals surface area contributed by atoms with Crippen molar-refractivity contribution in [1.82, 2.24) is 4.98 Å². The number of benzene rings is 1. The quantitative estimate of drug-likeness (QED) is 0.796. The molecule has 0 radical (unpaired) electrons. The first-order valence-corrected chi connectivity index (χ1v) is 5.33. The van der Waals surface area contributed by atoms with E-state index in [1.54, 1.807) is 6.07 Å². The first kappa shape index (κ1) is 9.97. The Morgan fingerprint density at radius 3 is 2.80 bits per heavy atom. The zero-order valence-electron chi connectivity index (χ0n) is 9.13. The van der Waals surface area contributed by atoms with E-state index in [9.17, 15) is 4.79 Å². The van der Waals surface area contributed by atoms with Gasteiger partial charge in [-0.05, 0) is 25.5 Å². The minimum atomic E-state index is 0.121. The van der Waals surface area contributed by atoms with Crippen molar-refractivity contribution in [2.24, 2.45) is 0 Å². The van der Waals surface area contributed by atoms with E-state index in [0.29, 0.717) is 0 Å². The summed E-state index contributed by atoms with van der Waals surface area (Å²) in [4.78, 5) is 15.1. The maximum absolute atomic E-state index is 11.8. The molecular formula is C13H15NO. The average Bonchev–Trinajstić information content (AvgIpc) is 2.20. The number of hydrogen-bond donors (Lipinski definition) is 1. The smallest absolute Gasteiger partial charge is 0.189 e. The molecule has 0 unspecified atom stereocenters. The lowest BCUT2D eigenvalue weighted by molar-refractivity contribution is 0.888. The molecule has 0 aliphatic heterocycles. The third-order valence-corrected chi connectivity index (χ3v) is 2.56. The van der Waals surface area contributed by atoms with E-state index >= 15 is 0 Å². The Morgan fingerprint density at radius 2 is 2.07 bits per heavy atom. The van der Waals surface area contributed by atoms with Crippen molar-refractivity contribution in [3.05, 3.63) is 45.7 Å². The van der Waals surface area contributed by atoms with Crippen molar-refractivity contribution in [2.45, 2.75) is 26.7 Å². The van der Waals surface area contributed by atoms with Gasteiger partial charge in [-0.15, -0.1) is 0 Å². The van der Waals surface area contributed by atoms with E-state index in [4.69, 9.17) is 0 Å². The molecule has 1 aromatic heterocycles. The Morgan fingerprint density at radius 1 is 1.27 bits per heavy atom. The van der Waals surface area contributed by atoms with Gasteiger partial charge in [0.25, 0.3) is 0 Å². The number of aromatic amines is 1. The van der Waals surface area contributed by atoms with Crippen LogP contribution in [0.5, 0.6) is 0 Å². The van der Waals surface area contributed by atoms with Gasteiger partial charge in [-0.25, -0.2) is 0 Å². The highest BCUT2D eigenvalue weighted by Crippen LogP contribution is 2.11. The van der Waals surface area contributed by atoms with Crippen LogP contribution in [-0.2, 0) is 6.42 Å². The van der Waals surface area contributed by atoms with Crippen molar-refractivity contribution in [1.29, 1.82) is 0 Å². The molecular weight excluding hydrogens is 186 g/mol. The van der Waals surface area contributed by atoms with Crippen LogP contribution in [0.25, 0.3) is 10.9 Å². The van der Waals surface area contributed by atoms with Crippen LogP contribution in [0.3, 0.4) is 0 Å². The highest BCUT2D eigenvalue weighted by atomic mass is 16.1. The lowest BCUT2D eigenvalue weighted by atomic mass is 10.1. The summed E-state index contributed by atoms with van der Waals surface area (Å²) in [6, 6.07) is 7.65. The summed E-state index contributed by atoms with van der Waals surface area (Å²) in [6.07, 6.45) is 1.98.